The average molecular weight is 656 g/mol. The van der Waals surface area contributed by atoms with Crippen molar-refractivity contribution in [2.45, 2.75) is 77.4 Å². The zero-order valence-electron chi connectivity index (χ0n) is 28.4. The summed E-state index contributed by atoms with van der Waals surface area (Å²) in [6.07, 6.45) is 7.14. The highest BCUT2D eigenvalue weighted by Gasteiger charge is 2.32. The summed E-state index contributed by atoms with van der Waals surface area (Å²) in [6, 6.07) is 16.2. The van der Waals surface area contributed by atoms with Crippen molar-refractivity contribution in [2.24, 2.45) is 13.0 Å². The number of amides is 4. The lowest BCUT2D eigenvalue weighted by molar-refractivity contribution is -0.138. The van der Waals surface area contributed by atoms with Crippen LogP contribution in [-0.2, 0) is 34.4 Å². The van der Waals surface area contributed by atoms with Gasteiger partial charge in [-0.15, -0.1) is 0 Å². The summed E-state index contributed by atoms with van der Waals surface area (Å²) in [5.41, 5.74) is 4.36. The second-order valence-electron chi connectivity index (χ2n) is 13.1. The molecule has 0 unspecified atom stereocenters. The van der Waals surface area contributed by atoms with Crippen LogP contribution < -0.4 is 16.0 Å². The van der Waals surface area contributed by atoms with Gasteiger partial charge in [0, 0.05) is 64.5 Å². The van der Waals surface area contributed by atoms with Crippen molar-refractivity contribution < 1.29 is 19.2 Å². The van der Waals surface area contributed by atoms with Crippen LogP contribution in [0.15, 0.2) is 60.8 Å². The molecule has 2 fully saturated rings. The fraction of sp³-hybridized carbons (Fsp3) is 0.486. The van der Waals surface area contributed by atoms with E-state index in [-0.39, 0.29) is 29.5 Å². The van der Waals surface area contributed by atoms with E-state index in [4.69, 9.17) is 0 Å². The molecule has 3 N–H and O–H groups in total. The van der Waals surface area contributed by atoms with Gasteiger partial charge in [-0.1, -0.05) is 68.1 Å². The number of aryl methyl sites for hydroxylation is 2. The van der Waals surface area contributed by atoms with Gasteiger partial charge in [0.2, 0.25) is 17.7 Å². The molecule has 2 atom stereocenters. The van der Waals surface area contributed by atoms with Gasteiger partial charge in [-0.05, 0) is 55.0 Å². The molecule has 11 heteroatoms. The van der Waals surface area contributed by atoms with Crippen LogP contribution in [-0.4, -0.2) is 81.5 Å². The van der Waals surface area contributed by atoms with Crippen LogP contribution in [0.2, 0.25) is 0 Å². The first-order valence-corrected chi connectivity index (χ1v) is 17.2. The van der Waals surface area contributed by atoms with Crippen LogP contribution in [0.4, 0.5) is 5.69 Å². The van der Waals surface area contributed by atoms with Crippen molar-refractivity contribution in [2.75, 3.05) is 31.5 Å². The topological polar surface area (TPSA) is 129 Å². The van der Waals surface area contributed by atoms with Crippen LogP contribution in [0.1, 0.15) is 72.6 Å². The zero-order chi connectivity index (χ0) is 34.0. The lowest BCUT2D eigenvalue weighted by atomic mass is 9.83. The van der Waals surface area contributed by atoms with E-state index in [0.717, 1.165) is 57.3 Å². The SMILES string of the molecule is CCC(=O)N[C@H](Cc1ccc(NC(=O)[C@@H](NC(=O)c2ccnn2C)C2CCCCC2)cc1)C(=O)N1CCN(Cc2ccc(C)cc2)CC1. The summed E-state index contributed by atoms with van der Waals surface area (Å²) < 4.78 is 1.50. The number of carbonyl (C=O) groups is 4. The summed E-state index contributed by atoms with van der Waals surface area (Å²) in [5, 5.41) is 13.0. The molecule has 1 aliphatic carbocycles. The van der Waals surface area contributed by atoms with Crippen molar-refractivity contribution in [3.05, 3.63) is 83.2 Å². The van der Waals surface area contributed by atoms with Crippen molar-refractivity contribution in [3.8, 4) is 0 Å². The lowest BCUT2D eigenvalue weighted by Crippen LogP contribution is -2.55. The number of carbonyl (C=O) groups excluding carboxylic acids is 4. The molecule has 11 nitrogen and oxygen atoms in total. The Balaban J connectivity index is 1.20. The van der Waals surface area contributed by atoms with Gasteiger partial charge in [-0.2, -0.15) is 5.10 Å². The van der Waals surface area contributed by atoms with Crippen LogP contribution in [0.3, 0.4) is 0 Å². The van der Waals surface area contributed by atoms with Gasteiger partial charge in [-0.25, -0.2) is 0 Å². The fourth-order valence-electron chi connectivity index (χ4n) is 6.65. The monoisotopic (exact) mass is 655 g/mol. The molecule has 1 saturated heterocycles. The molecule has 48 heavy (non-hydrogen) atoms. The smallest absolute Gasteiger partial charge is 0.270 e. The molecule has 3 aromatic rings. The third-order valence-corrected chi connectivity index (χ3v) is 9.57. The van der Waals surface area contributed by atoms with E-state index in [1.165, 1.54) is 15.8 Å². The first-order valence-electron chi connectivity index (χ1n) is 17.2. The van der Waals surface area contributed by atoms with Crippen LogP contribution in [0.25, 0.3) is 0 Å². The number of nitrogens with one attached hydrogen (secondary N) is 3. The quantitative estimate of drug-likeness (QED) is 0.272. The Bertz CT molecular complexity index is 1540. The Morgan fingerprint density at radius 1 is 0.854 bits per heavy atom. The number of rotatable bonds is 12. The number of hydrogen-bond acceptors (Lipinski definition) is 6. The number of benzene rings is 2. The standard InChI is InChI=1S/C37H49N7O4/c1-4-33(45)40-31(37(48)44-22-20-43(21-23-44)25-28-12-10-26(2)11-13-28)24-27-14-16-30(17-15-27)39-36(47)34(29-8-6-5-7-9-29)41-35(46)32-18-19-38-42(32)3/h10-19,29,31,34H,4-9,20-25H2,1-3H3,(H,39,47)(H,40,45)(H,41,46)/t31-,34+/m1/s1. The second kappa shape index (κ2) is 16.5. The molecule has 0 spiro atoms. The molecule has 5 rings (SSSR count). The second-order valence-corrected chi connectivity index (χ2v) is 13.1. The van der Waals surface area contributed by atoms with E-state index < -0.39 is 12.1 Å². The zero-order valence-corrected chi connectivity index (χ0v) is 28.4. The third kappa shape index (κ3) is 9.31. The molecular formula is C37H49N7O4. The Morgan fingerprint density at radius 3 is 2.15 bits per heavy atom. The fourth-order valence-corrected chi connectivity index (χ4v) is 6.65. The van der Waals surface area contributed by atoms with Crippen LogP contribution in [0.5, 0.6) is 0 Å². The van der Waals surface area contributed by atoms with E-state index in [1.54, 1.807) is 38.4 Å². The Morgan fingerprint density at radius 2 is 1.52 bits per heavy atom. The maximum atomic E-state index is 13.7. The van der Waals surface area contributed by atoms with Crippen molar-refractivity contribution in [1.82, 2.24) is 30.2 Å². The average Bonchev–Trinajstić information content (AvgIpc) is 3.54. The highest BCUT2D eigenvalue weighted by molar-refractivity contribution is 6.00. The molecule has 0 bridgehead atoms. The minimum atomic E-state index is -0.681. The maximum Gasteiger partial charge on any atom is 0.270 e. The Labute approximate surface area is 283 Å². The van der Waals surface area contributed by atoms with Gasteiger partial charge in [-0.3, -0.25) is 28.8 Å². The van der Waals surface area contributed by atoms with Gasteiger partial charge in [0.05, 0.1) is 0 Å². The largest absolute Gasteiger partial charge is 0.344 e. The first kappa shape index (κ1) is 34.8. The third-order valence-electron chi connectivity index (χ3n) is 9.57. The summed E-state index contributed by atoms with van der Waals surface area (Å²) in [4.78, 5) is 56.9. The van der Waals surface area contributed by atoms with Crippen LogP contribution in [0, 0.1) is 12.8 Å². The molecule has 1 saturated carbocycles. The van der Waals surface area contributed by atoms with Gasteiger partial charge < -0.3 is 20.9 Å². The Kier molecular flexibility index (Phi) is 12.0. The van der Waals surface area contributed by atoms with Crippen LogP contribution >= 0.6 is 0 Å². The number of hydrogen-bond donors (Lipinski definition) is 3. The van der Waals surface area contributed by atoms with E-state index in [1.807, 2.05) is 17.0 Å². The van der Waals surface area contributed by atoms with E-state index >= 15 is 0 Å². The summed E-state index contributed by atoms with van der Waals surface area (Å²) in [5.74, 6) is -0.780. The first-order chi connectivity index (χ1) is 23.2. The molecule has 1 aromatic heterocycles. The molecule has 2 aliphatic rings. The molecule has 0 radical (unpaired) electrons. The minimum Gasteiger partial charge on any atom is -0.344 e. The number of aromatic nitrogens is 2. The molecule has 1 aliphatic heterocycles. The highest BCUT2D eigenvalue weighted by atomic mass is 16.2. The molecule has 4 amide bonds. The Hall–Kier alpha value is -4.51. The van der Waals surface area contributed by atoms with E-state index in [2.05, 4.69) is 57.1 Å². The van der Waals surface area contributed by atoms with E-state index in [0.29, 0.717) is 37.3 Å². The minimum absolute atomic E-state index is 0.0496. The van der Waals surface area contributed by atoms with E-state index in [9.17, 15) is 19.2 Å². The van der Waals surface area contributed by atoms with Gasteiger partial charge in [0.1, 0.15) is 17.8 Å². The molecule has 2 heterocycles. The summed E-state index contributed by atoms with van der Waals surface area (Å²) in [7, 11) is 1.70. The van der Waals surface area contributed by atoms with Gasteiger partial charge >= 0.3 is 0 Å². The highest BCUT2D eigenvalue weighted by Crippen LogP contribution is 2.27. The number of piperazine rings is 1. The predicted octanol–water partition coefficient (Wildman–Crippen LogP) is 3.83. The van der Waals surface area contributed by atoms with Crippen molar-refractivity contribution in [1.29, 1.82) is 0 Å². The summed E-state index contributed by atoms with van der Waals surface area (Å²) >= 11 is 0. The summed E-state index contributed by atoms with van der Waals surface area (Å²) in [6.45, 7) is 7.45. The van der Waals surface area contributed by atoms with Crippen molar-refractivity contribution in [3.63, 3.8) is 0 Å². The lowest BCUT2D eigenvalue weighted by Gasteiger charge is -2.36. The molecular weight excluding hydrogens is 606 g/mol. The number of anilines is 1. The molecule has 2 aromatic carbocycles. The van der Waals surface area contributed by atoms with Gasteiger partial charge in [0.15, 0.2) is 0 Å². The maximum absolute atomic E-state index is 13.7. The number of nitrogens with zero attached hydrogens (tertiary/aromatic N) is 4. The predicted molar refractivity (Wildman–Crippen MR) is 185 cm³/mol. The van der Waals surface area contributed by atoms with Gasteiger partial charge in [0.25, 0.3) is 5.91 Å². The van der Waals surface area contributed by atoms with Crippen molar-refractivity contribution >= 4 is 29.3 Å². The normalized spacial score (nSPS) is 16.9. The molecule has 256 valence electrons.